The summed E-state index contributed by atoms with van der Waals surface area (Å²) < 4.78 is 0. The molecule has 0 spiro atoms. The maximum absolute atomic E-state index is 14.1. The van der Waals surface area contributed by atoms with Crippen molar-refractivity contribution in [2.75, 3.05) is 33.1 Å². The maximum atomic E-state index is 14.1. The summed E-state index contributed by atoms with van der Waals surface area (Å²) in [6.45, 7) is 1.85. The summed E-state index contributed by atoms with van der Waals surface area (Å²) in [4.78, 5) is 57.5. The highest BCUT2D eigenvalue weighted by molar-refractivity contribution is 6.25. The lowest BCUT2D eigenvalue weighted by Crippen LogP contribution is -2.75. The van der Waals surface area contributed by atoms with Gasteiger partial charge in [0.05, 0.1) is 17.6 Å². The minimum absolute atomic E-state index is 0.0339. The van der Waals surface area contributed by atoms with E-state index in [-0.39, 0.29) is 24.2 Å². The molecular formula is C31H37N3O7. The fourth-order valence-electron chi connectivity index (χ4n) is 7.41. The number of aliphatic hydroxyl groups excluding tert-OH is 1. The van der Waals surface area contributed by atoms with E-state index in [9.17, 15) is 34.5 Å². The van der Waals surface area contributed by atoms with Crippen LogP contribution in [0.3, 0.4) is 0 Å². The second kappa shape index (κ2) is 10.0. The largest absolute Gasteiger partial charge is 0.507 e. The van der Waals surface area contributed by atoms with Crippen LogP contribution in [0.1, 0.15) is 34.8 Å². The van der Waals surface area contributed by atoms with Crippen LogP contribution in [-0.2, 0) is 27.2 Å². The summed E-state index contributed by atoms with van der Waals surface area (Å²) in [6.07, 6.45) is -0.775. The number of primary amides is 1. The average molecular weight is 564 g/mol. The second-order valence-corrected chi connectivity index (χ2v) is 12.0. The molecule has 41 heavy (non-hydrogen) atoms. The van der Waals surface area contributed by atoms with E-state index in [0.29, 0.717) is 17.5 Å². The van der Waals surface area contributed by atoms with Crippen LogP contribution in [0.4, 0.5) is 5.69 Å². The number of hydrogen-bond acceptors (Lipinski definition) is 9. The summed E-state index contributed by atoms with van der Waals surface area (Å²) in [7, 11) is 7.12. The van der Waals surface area contributed by atoms with Crippen LogP contribution in [0.2, 0.25) is 0 Å². The zero-order valence-corrected chi connectivity index (χ0v) is 23.9. The summed E-state index contributed by atoms with van der Waals surface area (Å²) in [6, 6.07) is 8.76. The van der Waals surface area contributed by atoms with Crippen LogP contribution in [0.25, 0.3) is 11.1 Å². The highest BCUT2D eigenvalue weighted by atomic mass is 16.3. The second-order valence-electron chi connectivity index (χ2n) is 12.0. The Kier molecular flexibility index (Phi) is 7.08. The van der Waals surface area contributed by atoms with Gasteiger partial charge in [0.15, 0.2) is 23.0 Å². The van der Waals surface area contributed by atoms with Gasteiger partial charge in [0.1, 0.15) is 11.7 Å². The van der Waals surface area contributed by atoms with Gasteiger partial charge < -0.3 is 30.9 Å². The number of phenolic OH excluding ortho intramolecular Hbond substituents is 1. The van der Waals surface area contributed by atoms with Crippen molar-refractivity contribution in [3.8, 4) is 16.9 Å². The van der Waals surface area contributed by atoms with Crippen molar-refractivity contribution in [1.29, 1.82) is 0 Å². The fraction of sp³-hybridized carbons (Fsp3) is 0.484. The zero-order chi connectivity index (χ0) is 30.1. The van der Waals surface area contributed by atoms with Crippen molar-refractivity contribution < 1.29 is 34.5 Å². The molecule has 3 aliphatic carbocycles. The minimum atomic E-state index is -2.68. The van der Waals surface area contributed by atoms with Crippen molar-refractivity contribution >= 4 is 28.9 Å². The first kappa shape index (κ1) is 28.9. The standard InChI is InChI=1S/C31H37N3O7/c1-6-14-11-18(15-7-9-17(10-8-15)33(2)3)19-12-16-13-20-24(34(4)5)27(37)23(30(32)40)29(39)31(20,41)28(38)21(16)26(36)22(19)25(14)35/h7-11,16,20-21,23-24,27,35,37,41H,6,12-13H2,1-5H3,(H2,32,40)/t16-,20-,21?,23?,24-,27?,31-/m1/s1. The van der Waals surface area contributed by atoms with Gasteiger partial charge in [0, 0.05) is 31.7 Å². The predicted octanol–water partition coefficient (Wildman–Crippen LogP) is 0.954. The molecule has 2 fully saturated rings. The molecule has 218 valence electrons. The van der Waals surface area contributed by atoms with Crippen LogP contribution in [-0.4, -0.2) is 89.4 Å². The molecule has 0 aliphatic heterocycles. The highest BCUT2D eigenvalue weighted by Crippen LogP contribution is 2.53. The summed E-state index contributed by atoms with van der Waals surface area (Å²) in [5.41, 5.74) is 6.58. The van der Waals surface area contributed by atoms with Crippen molar-refractivity contribution in [2.45, 2.75) is 43.9 Å². The number of aryl methyl sites for hydroxylation is 1. The predicted molar refractivity (Wildman–Crippen MR) is 151 cm³/mol. The number of phenols is 1. The minimum Gasteiger partial charge on any atom is -0.507 e. The number of ketones is 3. The molecule has 2 saturated carbocycles. The quantitative estimate of drug-likeness (QED) is 0.388. The Labute approximate surface area is 238 Å². The van der Waals surface area contributed by atoms with E-state index >= 15 is 0 Å². The van der Waals surface area contributed by atoms with E-state index in [1.165, 1.54) is 0 Å². The molecule has 5 N–H and O–H groups in total. The number of Topliss-reactive ketones (excluding diaryl/α,β-unsaturated/α-hetero) is 3. The van der Waals surface area contributed by atoms with E-state index < -0.39 is 64.7 Å². The Morgan fingerprint density at radius 2 is 1.71 bits per heavy atom. The molecular weight excluding hydrogens is 526 g/mol. The Morgan fingerprint density at radius 3 is 2.24 bits per heavy atom. The fourth-order valence-corrected chi connectivity index (χ4v) is 7.41. The van der Waals surface area contributed by atoms with E-state index in [4.69, 9.17) is 5.73 Å². The Hall–Kier alpha value is -3.60. The molecule has 3 unspecified atom stereocenters. The molecule has 10 nitrogen and oxygen atoms in total. The molecule has 0 bridgehead atoms. The average Bonchev–Trinajstić information content (AvgIpc) is 2.90. The molecule has 7 atom stereocenters. The number of hydrogen-bond donors (Lipinski definition) is 4. The molecule has 0 heterocycles. The Morgan fingerprint density at radius 1 is 1.07 bits per heavy atom. The first-order chi connectivity index (χ1) is 19.2. The number of aromatic hydroxyl groups is 1. The van der Waals surface area contributed by atoms with E-state index in [1.807, 2.05) is 56.3 Å². The van der Waals surface area contributed by atoms with Crippen LogP contribution in [0.15, 0.2) is 30.3 Å². The van der Waals surface area contributed by atoms with Gasteiger partial charge >= 0.3 is 0 Å². The number of benzene rings is 2. The number of nitrogens with zero attached hydrogens (tertiary/aromatic N) is 2. The van der Waals surface area contributed by atoms with Gasteiger partial charge in [-0.25, -0.2) is 0 Å². The topological polar surface area (TPSA) is 161 Å². The van der Waals surface area contributed by atoms with Crippen LogP contribution >= 0.6 is 0 Å². The summed E-state index contributed by atoms with van der Waals surface area (Å²) in [5.74, 6) is -9.01. The number of carbonyl (C=O) groups excluding carboxylic acids is 4. The summed E-state index contributed by atoms with van der Waals surface area (Å²) >= 11 is 0. The molecule has 0 radical (unpaired) electrons. The van der Waals surface area contributed by atoms with Crippen molar-refractivity contribution in [3.63, 3.8) is 0 Å². The third kappa shape index (κ3) is 4.11. The molecule has 2 aromatic rings. The number of aliphatic hydroxyl groups is 2. The highest BCUT2D eigenvalue weighted by Gasteiger charge is 2.69. The molecule has 0 saturated heterocycles. The Bertz CT molecular complexity index is 1450. The number of anilines is 1. The molecule has 5 rings (SSSR count). The number of amides is 1. The number of rotatable bonds is 5. The Balaban J connectivity index is 1.67. The van der Waals surface area contributed by atoms with Crippen molar-refractivity contribution in [3.05, 3.63) is 47.0 Å². The monoisotopic (exact) mass is 563 g/mol. The van der Waals surface area contributed by atoms with Gasteiger partial charge in [-0.15, -0.1) is 0 Å². The SMILES string of the molecule is CCc1cc(-c2ccc(N(C)C)cc2)c2c(c1O)C(=O)C1C(=O)[C@@]3(O)C(=O)C(C(N)=O)C(O)[C@H](N(C)C)[C@H]3C[C@H]1C2. The molecule has 0 aromatic heterocycles. The zero-order valence-electron chi connectivity index (χ0n) is 23.9. The van der Waals surface area contributed by atoms with Gasteiger partial charge in [0.2, 0.25) is 5.91 Å². The van der Waals surface area contributed by atoms with Crippen molar-refractivity contribution in [1.82, 2.24) is 4.90 Å². The first-order valence-corrected chi connectivity index (χ1v) is 13.9. The molecule has 1 amide bonds. The lowest BCUT2D eigenvalue weighted by molar-refractivity contribution is -0.190. The third-order valence-electron chi connectivity index (χ3n) is 9.44. The number of fused-ring (bicyclic) bond motifs is 3. The third-order valence-corrected chi connectivity index (χ3v) is 9.44. The van der Waals surface area contributed by atoms with Gasteiger partial charge in [-0.1, -0.05) is 19.1 Å². The molecule has 3 aliphatic rings. The van der Waals surface area contributed by atoms with E-state index in [1.54, 1.807) is 19.0 Å². The molecule has 2 aromatic carbocycles. The lowest BCUT2D eigenvalue weighted by atomic mass is 9.52. The lowest BCUT2D eigenvalue weighted by Gasteiger charge is -2.55. The maximum Gasteiger partial charge on any atom is 0.230 e. The van der Waals surface area contributed by atoms with Crippen LogP contribution in [0.5, 0.6) is 5.75 Å². The van der Waals surface area contributed by atoms with Crippen molar-refractivity contribution in [2.24, 2.45) is 29.4 Å². The smallest absolute Gasteiger partial charge is 0.230 e. The normalized spacial score (nSPS) is 31.0. The van der Waals surface area contributed by atoms with E-state index in [2.05, 4.69) is 0 Å². The van der Waals surface area contributed by atoms with E-state index in [0.717, 1.165) is 16.8 Å². The van der Waals surface area contributed by atoms with Gasteiger partial charge in [-0.3, -0.25) is 19.2 Å². The number of carbonyl (C=O) groups is 4. The molecule has 10 heteroatoms. The van der Waals surface area contributed by atoms with Gasteiger partial charge in [0.25, 0.3) is 0 Å². The summed E-state index contributed by atoms with van der Waals surface area (Å²) in [5, 5.41) is 34.1. The van der Waals surface area contributed by atoms with Crippen LogP contribution in [0, 0.1) is 23.7 Å². The van der Waals surface area contributed by atoms with Gasteiger partial charge in [-0.05, 0) is 79.7 Å². The first-order valence-electron chi connectivity index (χ1n) is 13.9. The number of likely N-dealkylation sites (N-methyl/N-ethyl adjacent to an activating group) is 1. The van der Waals surface area contributed by atoms with Crippen LogP contribution < -0.4 is 10.6 Å². The number of nitrogens with two attached hydrogens (primary N) is 1. The van der Waals surface area contributed by atoms with Gasteiger partial charge in [-0.2, -0.15) is 0 Å².